The summed E-state index contributed by atoms with van der Waals surface area (Å²) in [5.41, 5.74) is -0.306. The molecule has 0 aromatic rings. The van der Waals surface area contributed by atoms with Gasteiger partial charge in [-0.2, -0.15) is 0 Å². The lowest BCUT2D eigenvalue weighted by atomic mass is 9.64. The van der Waals surface area contributed by atoms with E-state index in [0.29, 0.717) is 11.8 Å². The van der Waals surface area contributed by atoms with Crippen molar-refractivity contribution in [3.05, 3.63) is 0 Å². The maximum Gasteiger partial charge on any atom is 0.326 e. The maximum atomic E-state index is 11.3. The molecule has 3 atom stereocenters. The minimum atomic E-state index is -0.306. The molecule has 2 heterocycles. The van der Waals surface area contributed by atoms with Crippen molar-refractivity contribution in [3.8, 4) is 0 Å². The number of carbonyl (C=O) groups excluding carboxylic acids is 1. The Balaban J connectivity index is 2.18. The van der Waals surface area contributed by atoms with Crippen molar-refractivity contribution in [3.63, 3.8) is 0 Å². The Kier molecular flexibility index (Phi) is 1.27. The Morgan fingerprint density at radius 2 is 2.45 bits per heavy atom. The number of ether oxygens (including phenoxy) is 1. The molecule has 0 aromatic carbocycles. The highest BCUT2D eigenvalue weighted by Gasteiger charge is 2.62. The van der Waals surface area contributed by atoms with Crippen LogP contribution in [0, 0.1) is 11.8 Å². The van der Waals surface area contributed by atoms with E-state index in [4.69, 9.17) is 4.74 Å². The molecule has 3 aliphatic rings. The van der Waals surface area contributed by atoms with E-state index < -0.39 is 0 Å². The van der Waals surface area contributed by atoms with E-state index in [1.54, 1.807) is 0 Å². The van der Waals surface area contributed by atoms with Crippen LogP contribution in [0.25, 0.3) is 0 Å². The predicted molar refractivity (Wildman–Crippen MR) is 40.0 cm³/mol. The number of rotatable bonds is 1. The number of nitrogens with one attached hydrogen (secondary N) is 1. The summed E-state index contributed by atoms with van der Waals surface area (Å²) in [6.45, 7) is 3.10. The zero-order valence-electron chi connectivity index (χ0n) is 6.89. The largest absolute Gasteiger partial charge is 0.468 e. The average Bonchev–Trinajstić information content (AvgIpc) is 2.58. The summed E-state index contributed by atoms with van der Waals surface area (Å²) in [6.07, 6.45) is 0.973. The fourth-order valence-corrected chi connectivity index (χ4v) is 2.34. The SMILES string of the molecule is COC(=O)[C@]12C[C@H](CN1)[C@@H]2C. The van der Waals surface area contributed by atoms with Crippen LogP contribution in [0.1, 0.15) is 13.3 Å². The second-order valence-corrected chi connectivity index (χ2v) is 3.60. The smallest absolute Gasteiger partial charge is 0.326 e. The van der Waals surface area contributed by atoms with E-state index in [-0.39, 0.29) is 11.5 Å². The number of hydrogen-bond acceptors (Lipinski definition) is 3. The molecule has 3 nitrogen and oxygen atoms in total. The lowest BCUT2D eigenvalue weighted by Crippen LogP contribution is -2.57. The van der Waals surface area contributed by atoms with Crippen LogP contribution in [-0.4, -0.2) is 25.2 Å². The van der Waals surface area contributed by atoms with Crippen molar-refractivity contribution in [2.45, 2.75) is 18.9 Å². The molecular weight excluding hydrogens is 142 g/mol. The molecule has 2 saturated heterocycles. The van der Waals surface area contributed by atoms with E-state index in [0.717, 1.165) is 13.0 Å². The van der Waals surface area contributed by atoms with Gasteiger partial charge in [0.1, 0.15) is 5.54 Å². The van der Waals surface area contributed by atoms with E-state index in [1.165, 1.54) is 7.11 Å². The molecular formula is C8H13NO2. The lowest BCUT2D eigenvalue weighted by molar-refractivity contribution is -0.154. The summed E-state index contributed by atoms with van der Waals surface area (Å²) in [6, 6.07) is 0. The van der Waals surface area contributed by atoms with Gasteiger partial charge in [-0.3, -0.25) is 4.79 Å². The van der Waals surface area contributed by atoms with Crippen LogP contribution in [0.5, 0.6) is 0 Å². The van der Waals surface area contributed by atoms with Gasteiger partial charge < -0.3 is 10.1 Å². The van der Waals surface area contributed by atoms with E-state index >= 15 is 0 Å². The highest BCUT2D eigenvalue weighted by molar-refractivity contribution is 5.83. The topological polar surface area (TPSA) is 38.3 Å². The van der Waals surface area contributed by atoms with Crippen molar-refractivity contribution < 1.29 is 9.53 Å². The second kappa shape index (κ2) is 1.97. The van der Waals surface area contributed by atoms with Crippen LogP contribution < -0.4 is 5.32 Å². The second-order valence-electron chi connectivity index (χ2n) is 3.60. The van der Waals surface area contributed by atoms with Crippen molar-refractivity contribution in [1.29, 1.82) is 0 Å². The quantitative estimate of drug-likeness (QED) is 0.548. The van der Waals surface area contributed by atoms with E-state index in [9.17, 15) is 4.79 Å². The number of hydrogen-bond donors (Lipinski definition) is 1. The maximum absolute atomic E-state index is 11.3. The first-order valence-corrected chi connectivity index (χ1v) is 4.04. The van der Waals surface area contributed by atoms with Crippen molar-refractivity contribution in [1.82, 2.24) is 5.32 Å². The minimum Gasteiger partial charge on any atom is -0.468 e. The molecule has 0 radical (unpaired) electrons. The molecule has 0 spiro atoms. The first-order chi connectivity index (χ1) is 5.20. The lowest BCUT2D eigenvalue weighted by Gasteiger charge is -2.41. The van der Waals surface area contributed by atoms with Crippen LogP contribution in [-0.2, 0) is 9.53 Å². The van der Waals surface area contributed by atoms with Gasteiger partial charge in [-0.15, -0.1) is 0 Å². The van der Waals surface area contributed by atoms with Crippen molar-refractivity contribution in [2.75, 3.05) is 13.7 Å². The Labute approximate surface area is 66.1 Å². The highest BCUT2D eigenvalue weighted by Crippen LogP contribution is 2.49. The minimum absolute atomic E-state index is 0.0845. The molecule has 11 heavy (non-hydrogen) atoms. The molecule has 0 amide bonds. The van der Waals surface area contributed by atoms with Crippen molar-refractivity contribution >= 4 is 5.97 Å². The third-order valence-electron chi connectivity index (χ3n) is 3.30. The van der Waals surface area contributed by atoms with Gasteiger partial charge in [-0.25, -0.2) is 0 Å². The first-order valence-electron chi connectivity index (χ1n) is 4.04. The zero-order chi connectivity index (χ0) is 8.06. The molecule has 1 N–H and O–H groups in total. The Morgan fingerprint density at radius 3 is 2.82 bits per heavy atom. The fraction of sp³-hybridized carbons (Fsp3) is 0.875. The molecule has 1 aliphatic carbocycles. The fourth-order valence-electron chi connectivity index (χ4n) is 2.34. The molecule has 62 valence electrons. The summed E-state index contributed by atoms with van der Waals surface area (Å²) in [5, 5.41) is 3.23. The summed E-state index contributed by atoms with van der Waals surface area (Å²) in [5.74, 6) is 1.09. The summed E-state index contributed by atoms with van der Waals surface area (Å²) in [4.78, 5) is 11.3. The number of esters is 1. The van der Waals surface area contributed by atoms with Crippen molar-refractivity contribution in [2.24, 2.45) is 11.8 Å². The monoisotopic (exact) mass is 155 g/mol. The number of methoxy groups -OCH3 is 1. The molecule has 2 aliphatic heterocycles. The molecule has 2 bridgehead atoms. The van der Waals surface area contributed by atoms with Gasteiger partial charge in [0.05, 0.1) is 7.11 Å². The molecule has 1 saturated carbocycles. The number of fused-ring (bicyclic) bond motifs is 1. The Hall–Kier alpha value is -0.570. The molecule has 3 rings (SSSR count). The van der Waals surface area contributed by atoms with Crippen LogP contribution in [0.2, 0.25) is 0 Å². The molecule has 3 heteroatoms. The Morgan fingerprint density at radius 1 is 1.73 bits per heavy atom. The van der Waals surface area contributed by atoms with Gasteiger partial charge in [0.2, 0.25) is 0 Å². The molecule has 0 aromatic heterocycles. The van der Waals surface area contributed by atoms with E-state index in [2.05, 4.69) is 12.2 Å². The van der Waals surface area contributed by atoms with Gasteiger partial charge in [0.25, 0.3) is 0 Å². The van der Waals surface area contributed by atoms with Gasteiger partial charge >= 0.3 is 5.97 Å². The van der Waals surface area contributed by atoms with Gasteiger partial charge in [0, 0.05) is 0 Å². The summed E-state index contributed by atoms with van der Waals surface area (Å²) >= 11 is 0. The molecule has 3 fully saturated rings. The first kappa shape index (κ1) is 7.10. The van der Waals surface area contributed by atoms with Gasteiger partial charge in [-0.05, 0) is 24.8 Å². The third kappa shape index (κ3) is 0.644. The van der Waals surface area contributed by atoms with Gasteiger partial charge in [0.15, 0.2) is 0 Å². The summed E-state index contributed by atoms with van der Waals surface area (Å²) < 4.78 is 4.74. The Bertz CT molecular complexity index is 200. The third-order valence-corrected chi connectivity index (χ3v) is 3.30. The van der Waals surface area contributed by atoms with Crippen LogP contribution >= 0.6 is 0 Å². The predicted octanol–water partition coefficient (Wildman–Crippen LogP) is 0.157. The molecule has 0 unspecified atom stereocenters. The zero-order valence-corrected chi connectivity index (χ0v) is 6.89. The summed E-state index contributed by atoms with van der Waals surface area (Å²) in [7, 11) is 1.46. The average molecular weight is 155 g/mol. The van der Waals surface area contributed by atoms with Crippen LogP contribution in [0.4, 0.5) is 0 Å². The van der Waals surface area contributed by atoms with Crippen LogP contribution in [0.3, 0.4) is 0 Å². The van der Waals surface area contributed by atoms with E-state index in [1.807, 2.05) is 0 Å². The standard InChI is InChI=1S/C8H13NO2/c1-5-6-3-8(5,9-4-6)7(10)11-2/h5-6,9H,3-4H2,1-2H3/t5-,6+,8+/m0/s1. The number of carbonyl (C=O) groups is 1. The van der Waals surface area contributed by atoms with Crippen LogP contribution in [0.15, 0.2) is 0 Å². The highest BCUT2D eigenvalue weighted by atomic mass is 16.5. The van der Waals surface area contributed by atoms with Gasteiger partial charge in [-0.1, -0.05) is 6.92 Å². The normalized spacial score (nSPS) is 46.7.